The molecule has 1 aliphatic heterocycles. The molecule has 1 fully saturated rings. The predicted molar refractivity (Wildman–Crippen MR) is 118 cm³/mol. The fourth-order valence-electron chi connectivity index (χ4n) is 3.49. The number of amides is 1. The number of ether oxygens (including phenoxy) is 1. The number of carbonyl (C=O) groups is 1. The number of hydrogen-bond acceptors (Lipinski definition) is 3. The minimum Gasteiger partial charge on any atom is -0.490 e. The second kappa shape index (κ2) is 10.8. The number of hydrogen-bond donors (Lipinski definition) is 1. The topological polar surface area (TPSA) is 41.6 Å². The van der Waals surface area contributed by atoms with Gasteiger partial charge in [0.2, 0.25) is 0 Å². The molecule has 1 N–H and O–H groups in total. The van der Waals surface area contributed by atoms with E-state index in [1.807, 2.05) is 42.5 Å². The van der Waals surface area contributed by atoms with Crippen LogP contribution in [0.3, 0.4) is 0 Å². The van der Waals surface area contributed by atoms with Gasteiger partial charge in [-0.25, -0.2) is 0 Å². The summed E-state index contributed by atoms with van der Waals surface area (Å²) in [5.74, 6) is 0.728. The fraction of sp³-hybridized carbons (Fsp3) is 0.400. The molecule has 0 unspecified atom stereocenters. The maximum absolute atomic E-state index is 12.5. The molecule has 1 saturated heterocycles. The van der Waals surface area contributed by atoms with Crippen LogP contribution in [-0.4, -0.2) is 43.1 Å². The Morgan fingerprint density at radius 3 is 2.59 bits per heavy atom. The van der Waals surface area contributed by atoms with Crippen molar-refractivity contribution in [2.45, 2.75) is 39.2 Å². The van der Waals surface area contributed by atoms with Gasteiger partial charge in [-0.1, -0.05) is 48.0 Å². The van der Waals surface area contributed by atoms with Crippen LogP contribution >= 0.6 is 0 Å². The Labute approximate surface area is 174 Å². The van der Waals surface area contributed by atoms with E-state index in [-0.39, 0.29) is 12.0 Å². The average Bonchev–Trinajstić information content (AvgIpc) is 2.74. The minimum absolute atomic E-state index is 0.0528. The van der Waals surface area contributed by atoms with Gasteiger partial charge in [0.1, 0.15) is 11.9 Å². The third-order valence-corrected chi connectivity index (χ3v) is 5.23. The Hall–Kier alpha value is -2.59. The molecule has 4 nitrogen and oxygen atoms in total. The van der Waals surface area contributed by atoms with Gasteiger partial charge >= 0.3 is 0 Å². The Balaban J connectivity index is 1.45. The molecule has 29 heavy (non-hydrogen) atoms. The quantitative estimate of drug-likeness (QED) is 0.674. The zero-order valence-electron chi connectivity index (χ0n) is 17.6. The maximum Gasteiger partial charge on any atom is 0.251 e. The molecule has 1 aliphatic rings. The predicted octanol–water partition coefficient (Wildman–Crippen LogP) is 4.47. The van der Waals surface area contributed by atoms with Crippen molar-refractivity contribution in [3.05, 3.63) is 77.4 Å². The van der Waals surface area contributed by atoms with E-state index < -0.39 is 0 Å². The average molecular weight is 393 g/mol. The monoisotopic (exact) mass is 392 g/mol. The van der Waals surface area contributed by atoms with Crippen LogP contribution in [0.4, 0.5) is 0 Å². The number of carbonyl (C=O) groups excluding carboxylic acids is 1. The van der Waals surface area contributed by atoms with Crippen molar-refractivity contribution in [2.75, 3.05) is 26.2 Å². The van der Waals surface area contributed by atoms with Gasteiger partial charge in [-0.05, 0) is 56.9 Å². The van der Waals surface area contributed by atoms with Crippen LogP contribution in [0.25, 0.3) is 0 Å². The zero-order chi connectivity index (χ0) is 20.5. The minimum atomic E-state index is -0.0528. The second-order valence-electron chi connectivity index (χ2n) is 7.92. The molecule has 2 aromatic carbocycles. The van der Waals surface area contributed by atoms with Crippen molar-refractivity contribution in [3.8, 4) is 5.75 Å². The SMILES string of the molecule is CC(C)=CCN1CCC(Oc2cccc(C(=O)NCCc3ccccc3)c2)CC1. The summed E-state index contributed by atoms with van der Waals surface area (Å²) >= 11 is 0. The van der Waals surface area contributed by atoms with Crippen molar-refractivity contribution >= 4 is 5.91 Å². The highest BCUT2D eigenvalue weighted by Gasteiger charge is 2.20. The Morgan fingerprint density at radius 2 is 1.86 bits per heavy atom. The van der Waals surface area contributed by atoms with Gasteiger partial charge in [-0.3, -0.25) is 9.69 Å². The molecular formula is C25H32N2O2. The first kappa shape index (κ1) is 21.1. The number of rotatable bonds is 8. The van der Waals surface area contributed by atoms with E-state index in [9.17, 15) is 4.79 Å². The number of nitrogens with zero attached hydrogens (tertiary/aromatic N) is 1. The summed E-state index contributed by atoms with van der Waals surface area (Å²) in [6.45, 7) is 8.02. The van der Waals surface area contributed by atoms with E-state index in [1.165, 1.54) is 11.1 Å². The number of piperidine rings is 1. The summed E-state index contributed by atoms with van der Waals surface area (Å²) < 4.78 is 6.17. The first-order chi connectivity index (χ1) is 14.1. The maximum atomic E-state index is 12.5. The summed E-state index contributed by atoms with van der Waals surface area (Å²) in [7, 11) is 0. The fourth-order valence-corrected chi connectivity index (χ4v) is 3.49. The zero-order valence-corrected chi connectivity index (χ0v) is 17.6. The van der Waals surface area contributed by atoms with Gasteiger partial charge < -0.3 is 10.1 Å². The molecule has 0 saturated carbocycles. The van der Waals surface area contributed by atoms with Crippen molar-refractivity contribution in [1.82, 2.24) is 10.2 Å². The van der Waals surface area contributed by atoms with Crippen molar-refractivity contribution < 1.29 is 9.53 Å². The highest BCUT2D eigenvalue weighted by atomic mass is 16.5. The highest BCUT2D eigenvalue weighted by Crippen LogP contribution is 2.20. The van der Waals surface area contributed by atoms with E-state index in [2.05, 4.69) is 42.3 Å². The molecule has 154 valence electrons. The lowest BCUT2D eigenvalue weighted by Gasteiger charge is -2.31. The normalized spacial score (nSPS) is 15.0. The molecular weight excluding hydrogens is 360 g/mol. The lowest BCUT2D eigenvalue weighted by atomic mass is 10.1. The molecule has 2 aromatic rings. The van der Waals surface area contributed by atoms with Crippen LogP contribution in [0.5, 0.6) is 5.75 Å². The van der Waals surface area contributed by atoms with Gasteiger partial charge in [0.15, 0.2) is 0 Å². The molecule has 0 aliphatic carbocycles. The van der Waals surface area contributed by atoms with Gasteiger partial charge in [0.25, 0.3) is 5.91 Å². The second-order valence-corrected chi connectivity index (χ2v) is 7.92. The summed E-state index contributed by atoms with van der Waals surface area (Å²) in [5, 5.41) is 3.00. The number of likely N-dealkylation sites (tertiary alicyclic amines) is 1. The Morgan fingerprint density at radius 1 is 1.10 bits per heavy atom. The van der Waals surface area contributed by atoms with Crippen molar-refractivity contribution in [1.29, 1.82) is 0 Å². The number of benzene rings is 2. The third-order valence-electron chi connectivity index (χ3n) is 5.23. The van der Waals surface area contributed by atoms with E-state index >= 15 is 0 Å². The van der Waals surface area contributed by atoms with Gasteiger partial charge in [-0.2, -0.15) is 0 Å². The Bertz CT molecular complexity index is 805. The number of allylic oxidation sites excluding steroid dienone is 1. The smallest absolute Gasteiger partial charge is 0.251 e. The molecule has 1 heterocycles. The van der Waals surface area contributed by atoms with E-state index in [1.54, 1.807) is 0 Å². The van der Waals surface area contributed by atoms with Crippen LogP contribution in [-0.2, 0) is 6.42 Å². The summed E-state index contributed by atoms with van der Waals surface area (Å²) in [6, 6.07) is 17.7. The largest absolute Gasteiger partial charge is 0.490 e. The van der Waals surface area contributed by atoms with Crippen molar-refractivity contribution in [3.63, 3.8) is 0 Å². The van der Waals surface area contributed by atoms with Crippen molar-refractivity contribution in [2.24, 2.45) is 0 Å². The molecule has 0 atom stereocenters. The first-order valence-corrected chi connectivity index (χ1v) is 10.5. The van der Waals surface area contributed by atoms with Gasteiger partial charge in [0.05, 0.1) is 0 Å². The number of nitrogens with one attached hydrogen (secondary N) is 1. The summed E-state index contributed by atoms with van der Waals surface area (Å²) in [4.78, 5) is 14.9. The van der Waals surface area contributed by atoms with Gasteiger partial charge in [-0.15, -0.1) is 0 Å². The van der Waals surface area contributed by atoms with E-state index in [0.29, 0.717) is 12.1 Å². The molecule has 0 bridgehead atoms. The summed E-state index contributed by atoms with van der Waals surface area (Å²) in [6.07, 6.45) is 5.36. The lowest BCUT2D eigenvalue weighted by Crippen LogP contribution is -2.38. The highest BCUT2D eigenvalue weighted by molar-refractivity contribution is 5.94. The van der Waals surface area contributed by atoms with Crippen LogP contribution in [0, 0.1) is 0 Å². The molecule has 1 amide bonds. The molecule has 0 spiro atoms. The Kier molecular flexibility index (Phi) is 7.88. The lowest BCUT2D eigenvalue weighted by molar-refractivity contribution is 0.0949. The van der Waals surface area contributed by atoms with E-state index in [0.717, 1.165) is 44.6 Å². The van der Waals surface area contributed by atoms with Gasteiger partial charge in [0, 0.05) is 31.7 Å². The standard InChI is InChI=1S/C25H32N2O2/c1-20(2)12-16-27-17-13-23(14-18-27)29-24-10-6-9-22(19-24)25(28)26-15-11-21-7-4-3-5-8-21/h3-10,12,19,23H,11,13-18H2,1-2H3,(H,26,28). The molecule has 0 aromatic heterocycles. The van der Waals surface area contributed by atoms with Crippen LogP contribution in [0.15, 0.2) is 66.2 Å². The van der Waals surface area contributed by atoms with Crippen LogP contribution in [0.2, 0.25) is 0 Å². The molecule has 0 radical (unpaired) electrons. The molecule has 3 rings (SSSR count). The van der Waals surface area contributed by atoms with Crippen LogP contribution in [0.1, 0.15) is 42.6 Å². The summed E-state index contributed by atoms with van der Waals surface area (Å²) in [5.41, 5.74) is 3.24. The molecule has 4 heteroatoms. The first-order valence-electron chi connectivity index (χ1n) is 10.5. The van der Waals surface area contributed by atoms with Crippen LogP contribution < -0.4 is 10.1 Å². The third kappa shape index (κ3) is 7.06. The van der Waals surface area contributed by atoms with E-state index in [4.69, 9.17) is 4.74 Å².